The van der Waals surface area contributed by atoms with Gasteiger partial charge in [-0.2, -0.15) is 0 Å². The van der Waals surface area contributed by atoms with Crippen molar-refractivity contribution in [2.45, 2.75) is 13.5 Å². The lowest BCUT2D eigenvalue weighted by Gasteiger charge is -2.35. The Hall–Kier alpha value is -2.11. The summed E-state index contributed by atoms with van der Waals surface area (Å²) in [5.74, 6) is -0.192. The fraction of sp³-hybridized carbons (Fsp3) is 0.368. The molecule has 1 saturated heterocycles. The third kappa shape index (κ3) is 4.50. The Morgan fingerprint density at radius 3 is 2.56 bits per heavy atom. The number of likely N-dealkylation sites (N-methyl/N-ethyl adjacent to an activating group) is 1. The van der Waals surface area contributed by atoms with Crippen LogP contribution in [0.25, 0.3) is 0 Å². The fourth-order valence-corrected chi connectivity index (χ4v) is 3.14. The molecule has 132 valence electrons. The van der Waals surface area contributed by atoms with Gasteiger partial charge in [0, 0.05) is 37.7 Å². The SMILES string of the molecule is CCN1CCN(c2ccc(C(=O)NCc3ccccc3Cl)nc2)CC1. The monoisotopic (exact) mass is 358 g/mol. The molecule has 3 rings (SSSR count). The van der Waals surface area contributed by atoms with E-state index in [1.807, 2.05) is 30.3 Å². The molecule has 25 heavy (non-hydrogen) atoms. The minimum atomic E-state index is -0.192. The van der Waals surface area contributed by atoms with E-state index in [2.05, 4.69) is 27.0 Å². The predicted octanol–water partition coefficient (Wildman–Crippen LogP) is 2.81. The van der Waals surface area contributed by atoms with E-state index in [-0.39, 0.29) is 5.91 Å². The molecule has 0 radical (unpaired) electrons. The van der Waals surface area contributed by atoms with Crippen LogP contribution in [0, 0.1) is 0 Å². The number of rotatable bonds is 5. The molecule has 2 aromatic rings. The van der Waals surface area contributed by atoms with Crippen molar-refractivity contribution in [3.63, 3.8) is 0 Å². The Bertz CT molecular complexity index is 712. The molecule has 0 unspecified atom stereocenters. The van der Waals surface area contributed by atoms with Crippen LogP contribution in [0.3, 0.4) is 0 Å². The average molecular weight is 359 g/mol. The van der Waals surface area contributed by atoms with Crippen molar-refractivity contribution in [1.29, 1.82) is 0 Å². The third-order valence-electron chi connectivity index (χ3n) is 4.56. The smallest absolute Gasteiger partial charge is 0.270 e. The zero-order chi connectivity index (χ0) is 17.6. The van der Waals surface area contributed by atoms with Crippen molar-refractivity contribution in [3.8, 4) is 0 Å². The fourth-order valence-electron chi connectivity index (χ4n) is 2.94. The maximum atomic E-state index is 12.3. The van der Waals surface area contributed by atoms with Crippen LogP contribution in [0.5, 0.6) is 0 Å². The van der Waals surface area contributed by atoms with E-state index in [1.54, 1.807) is 12.3 Å². The Balaban J connectivity index is 1.56. The number of carbonyl (C=O) groups excluding carboxylic acids is 1. The largest absolute Gasteiger partial charge is 0.368 e. The van der Waals surface area contributed by atoms with Crippen LogP contribution in [0.1, 0.15) is 23.0 Å². The number of nitrogens with zero attached hydrogens (tertiary/aromatic N) is 3. The number of hydrogen-bond donors (Lipinski definition) is 1. The van der Waals surface area contributed by atoms with Crippen molar-refractivity contribution in [2.24, 2.45) is 0 Å². The number of anilines is 1. The first kappa shape index (κ1) is 17.7. The molecule has 1 aliphatic heterocycles. The molecule has 1 aromatic carbocycles. The minimum Gasteiger partial charge on any atom is -0.368 e. The van der Waals surface area contributed by atoms with Crippen molar-refractivity contribution < 1.29 is 4.79 Å². The lowest BCUT2D eigenvalue weighted by atomic mass is 10.2. The Morgan fingerprint density at radius 1 is 1.16 bits per heavy atom. The van der Waals surface area contributed by atoms with Crippen LogP contribution < -0.4 is 10.2 Å². The first-order valence-electron chi connectivity index (χ1n) is 8.62. The summed E-state index contributed by atoms with van der Waals surface area (Å²) in [4.78, 5) is 21.3. The van der Waals surface area contributed by atoms with Gasteiger partial charge in [0.1, 0.15) is 5.69 Å². The van der Waals surface area contributed by atoms with E-state index < -0.39 is 0 Å². The lowest BCUT2D eigenvalue weighted by Crippen LogP contribution is -2.46. The number of aromatic nitrogens is 1. The van der Waals surface area contributed by atoms with Gasteiger partial charge in [0.15, 0.2) is 0 Å². The van der Waals surface area contributed by atoms with E-state index in [0.717, 1.165) is 44.0 Å². The standard InChI is InChI=1S/C19H23ClN4O/c1-2-23-9-11-24(12-10-23)16-7-8-18(21-14-16)19(25)22-13-15-5-3-4-6-17(15)20/h3-8,14H,2,9-13H2,1H3,(H,22,25). The van der Waals surface area contributed by atoms with Gasteiger partial charge >= 0.3 is 0 Å². The normalized spacial score (nSPS) is 15.2. The number of benzene rings is 1. The molecule has 1 N–H and O–H groups in total. The van der Waals surface area contributed by atoms with E-state index in [4.69, 9.17) is 11.6 Å². The molecule has 6 heteroatoms. The zero-order valence-corrected chi connectivity index (χ0v) is 15.2. The van der Waals surface area contributed by atoms with Crippen molar-refractivity contribution in [1.82, 2.24) is 15.2 Å². The molecule has 0 aliphatic carbocycles. The topological polar surface area (TPSA) is 48.5 Å². The van der Waals surface area contributed by atoms with Crippen LogP contribution in [0.4, 0.5) is 5.69 Å². The van der Waals surface area contributed by atoms with Crippen molar-refractivity contribution in [2.75, 3.05) is 37.6 Å². The second-order valence-electron chi connectivity index (χ2n) is 6.10. The number of nitrogens with one attached hydrogen (secondary N) is 1. The lowest BCUT2D eigenvalue weighted by molar-refractivity contribution is 0.0946. The number of amides is 1. The number of carbonyl (C=O) groups is 1. The number of piperazine rings is 1. The van der Waals surface area contributed by atoms with Crippen molar-refractivity contribution in [3.05, 3.63) is 58.9 Å². The van der Waals surface area contributed by atoms with E-state index in [1.165, 1.54) is 0 Å². The van der Waals surface area contributed by atoms with Crippen LogP contribution in [-0.2, 0) is 6.54 Å². The highest BCUT2D eigenvalue weighted by molar-refractivity contribution is 6.31. The highest BCUT2D eigenvalue weighted by atomic mass is 35.5. The summed E-state index contributed by atoms with van der Waals surface area (Å²) in [5.41, 5.74) is 2.38. The molecule has 5 nitrogen and oxygen atoms in total. The number of pyridine rings is 1. The van der Waals surface area contributed by atoms with Gasteiger partial charge in [0.2, 0.25) is 0 Å². The summed E-state index contributed by atoms with van der Waals surface area (Å²) in [6.45, 7) is 7.79. The van der Waals surface area contributed by atoms with Gasteiger partial charge in [-0.15, -0.1) is 0 Å². The van der Waals surface area contributed by atoms with Gasteiger partial charge < -0.3 is 15.1 Å². The quantitative estimate of drug-likeness (QED) is 0.892. The van der Waals surface area contributed by atoms with E-state index in [9.17, 15) is 4.79 Å². The van der Waals surface area contributed by atoms with Crippen molar-refractivity contribution >= 4 is 23.2 Å². The molecule has 0 bridgehead atoms. The summed E-state index contributed by atoms with van der Waals surface area (Å²) in [7, 11) is 0. The zero-order valence-electron chi connectivity index (χ0n) is 14.4. The Morgan fingerprint density at radius 2 is 1.92 bits per heavy atom. The van der Waals surface area contributed by atoms with Gasteiger partial charge in [-0.3, -0.25) is 4.79 Å². The summed E-state index contributed by atoms with van der Waals surface area (Å²) < 4.78 is 0. The summed E-state index contributed by atoms with van der Waals surface area (Å²) in [6.07, 6.45) is 1.78. The second kappa shape index (κ2) is 8.32. The van der Waals surface area contributed by atoms with Gasteiger partial charge in [0.25, 0.3) is 5.91 Å². The molecular weight excluding hydrogens is 336 g/mol. The first-order valence-corrected chi connectivity index (χ1v) is 9.00. The van der Waals surface area contributed by atoms with E-state index in [0.29, 0.717) is 17.3 Å². The van der Waals surface area contributed by atoms with E-state index >= 15 is 0 Å². The predicted molar refractivity (Wildman–Crippen MR) is 101 cm³/mol. The molecule has 0 saturated carbocycles. The maximum Gasteiger partial charge on any atom is 0.270 e. The first-order chi connectivity index (χ1) is 12.2. The van der Waals surface area contributed by atoms with Crippen LogP contribution in [-0.4, -0.2) is 48.5 Å². The number of hydrogen-bond acceptors (Lipinski definition) is 4. The molecule has 1 aromatic heterocycles. The molecule has 0 spiro atoms. The summed E-state index contributed by atoms with van der Waals surface area (Å²) in [6, 6.07) is 11.2. The van der Waals surface area contributed by atoms with Crippen LogP contribution in [0.15, 0.2) is 42.6 Å². The third-order valence-corrected chi connectivity index (χ3v) is 4.93. The summed E-state index contributed by atoms with van der Waals surface area (Å²) >= 11 is 6.11. The highest BCUT2D eigenvalue weighted by Gasteiger charge is 2.16. The molecule has 1 fully saturated rings. The molecule has 2 heterocycles. The van der Waals surface area contributed by atoms with Gasteiger partial charge in [0.05, 0.1) is 11.9 Å². The maximum absolute atomic E-state index is 12.3. The second-order valence-corrected chi connectivity index (χ2v) is 6.50. The molecule has 0 atom stereocenters. The van der Waals surface area contributed by atoms with Crippen LogP contribution in [0.2, 0.25) is 5.02 Å². The molecular formula is C19H23ClN4O. The molecule has 1 amide bonds. The average Bonchev–Trinajstić information content (AvgIpc) is 2.67. The van der Waals surface area contributed by atoms with Gasteiger partial charge in [-0.25, -0.2) is 4.98 Å². The Labute approximate surface area is 153 Å². The van der Waals surface area contributed by atoms with Gasteiger partial charge in [-0.05, 0) is 30.3 Å². The Kier molecular flexibility index (Phi) is 5.89. The minimum absolute atomic E-state index is 0.192. The summed E-state index contributed by atoms with van der Waals surface area (Å²) in [5, 5.41) is 3.51. The number of halogens is 1. The van der Waals surface area contributed by atoms with Crippen LogP contribution >= 0.6 is 11.6 Å². The van der Waals surface area contributed by atoms with Gasteiger partial charge in [-0.1, -0.05) is 36.7 Å². The highest BCUT2D eigenvalue weighted by Crippen LogP contribution is 2.16. The molecule has 1 aliphatic rings.